The molecule has 0 aliphatic carbocycles. The van der Waals surface area contributed by atoms with Gasteiger partial charge in [0, 0.05) is 0 Å². The summed E-state index contributed by atoms with van der Waals surface area (Å²) in [7, 11) is 1.52. The van der Waals surface area contributed by atoms with Gasteiger partial charge in [-0.15, -0.1) is 0 Å². The third-order valence-corrected chi connectivity index (χ3v) is 3.60. The lowest BCUT2D eigenvalue weighted by atomic mass is 10.3. The van der Waals surface area contributed by atoms with Gasteiger partial charge in [0.1, 0.15) is 17.7 Å². The minimum atomic E-state index is -0.652. The molecule has 1 heterocycles. The first-order valence-electron chi connectivity index (χ1n) is 5.40. The lowest BCUT2D eigenvalue weighted by Gasteiger charge is -2.10. The van der Waals surface area contributed by atoms with Gasteiger partial charge in [0.25, 0.3) is 0 Å². The Morgan fingerprint density at radius 3 is 2.52 bits per heavy atom. The first-order valence-corrected chi connectivity index (χ1v) is 6.98. The molecular weight excluding hydrogens is 412 g/mol. The summed E-state index contributed by atoms with van der Waals surface area (Å²) in [5, 5.41) is 10.9. The van der Waals surface area contributed by atoms with Crippen molar-refractivity contribution in [2.45, 2.75) is 0 Å². The Kier molecular flexibility index (Phi) is 4.58. The molecule has 0 aliphatic rings. The maximum Gasteiger partial charge on any atom is 0.349 e. The summed E-state index contributed by atoms with van der Waals surface area (Å²) in [6, 6.07) is 3.24. The summed E-state index contributed by atoms with van der Waals surface area (Å²) in [5.74, 6) is 0.513. The van der Waals surface area contributed by atoms with Crippen molar-refractivity contribution < 1.29 is 14.4 Å². The van der Waals surface area contributed by atoms with Gasteiger partial charge in [-0.25, -0.2) is 4.98 Å². The molecule has 1 aromatic heterocycles. The van der Waals surface area contributed by atoms with E-state index in [2.05, 4.69) is 41.8 Å². The average molecular weight is 420 g/mol. The van der Waals surface area contributed by atoms with E-state index in [0.29, 0.717) is 20.4 Å². The molecule has 0 atom stereocenters. The summed E-state index contributed by atoms with van der Waals surface area (Å²) in [6.07, 6.45) is 0.990. The van der Waals surface area contributed by atoms with Crippen molar-refractivity contribution in [1.82, 2.24) is 9.97 Å². The zero-order chi connectivity index (χ0) is 15.6. The molecule has 0 saturated carbocycles. The van der Waals surface area contributed by atoms with Crippen molar-refractivity contribution in [1.29, 1.82) is 0 Å². The molecule has 0 radical (unpaired) electrons. The van der Waals surface area contributed by atoms with Crippen LogP contribution >= 0.6 is 31.9 Å². The zero-order valence-corrected chi connectivity index (χ0v) is 13.7. The highest BCUT2D eigenvalue weighted by atomic mass is 79.9. The number of methoxy groups -OCH3 is 1. The van der Waals surface area contributed by atoms with E-state index in [9.17, 15) is 10.1 Å². The number of nitrogens with zero attached hydrogens (tertiary/aromatic N) is 3. The van der Waals surface area contributed by atoms with Crippen molar-refractivity contribution in [3.63, 3.8) is 0 Å². The molecule has 0 aliphatic heterocycles. The van der Waals surface area contributed by atoms with Gasteiger partial charge < -0.3 is 15.2 Å². The molecule has 0 fully saturated rings. The summed E-state index contributed by atoms with van der Waals surface area (Å²) in [6.45, 7) is 0. The molecule has 2 aromatic rings. The van der Waals surface area contributed by atoms with E-state index in [1.807, 2.05) is 0 Å². The largest absolute Gasteiger partial charge is 0.496 e. The van der Waals surface area contributed by atoms with Gasteiger partial charge >= 0.3 is 11.6 Å². The quantitative estimate of drug-likeness (QED) is 0.597. The second-order valence-corrected chi connectivity index (χ2v) is 5.40. The second-order valence-electron chi connectivity index (χ2n) is 3.69. The predicted octanol–water partition coefficient (Wildman–Crippen LogP) is 3.29. The molecule has 21 heavy (non-hydrogen) atoms. The van der Waals surface area contributed by atoms with Crippen LogP contribution in [-0.4, -0.2) is 22.0 Å². The highest BCUT2D eigenvalue weighted by molar-refractivity contribution is 9.11. The molecule has 0 amide bonds. The SMILES string of the molecule is COc1cc(Br)c(Oc2nc(N)ncc2[N+](=O)[O-])cc1Br. The number of aromatic nitrogens is 2. The lowest BCUT2D eigenvalue weighted by Crippen LogP contribution is -2.01. The Balaban J connectivity index is 2.45. The van der Waals surface area contributed by atoms with Gasteiger partial charge in [0.05, 0.1) is 21.0 Å². The summed E-state index contributed by atoms with van der Waals surface area (Å²) < 4.78 is 11.7. The molecule has 0 bridgehead atoms. The second kappa shape index (κ2) is 6.22. The van der Waals surface area contributed by atoms with Crippen LogP contribution in [0.1, 0.15) is 0 Å². The smallest absolute Gasteiger partial charge is 0.349 e. The molecule has 0 unspecified atom stereocenters. The summed E-state index contributed by atoms with van der Waals surface area (Å²) in [4.78, 5) is 17.6. The third kappa shape index (κ3) is 3.39. The van der Waals surface area contributed by atoms with Gasteiger partial charge in [-0.2, -0.15) is 4.98 Å². The number of nitrogen functional groups attached to an aromatic ring is 1. The van der Waals surface area contributed by atoms with Gasteiger partial charge in [-0.1, -0.05) is 0 Å². The van der Waals surface area contributed by atoms with E-state index in [0.717, 1.165) is 6.20 Å². The number of rotatable bonds is 4. The topological polar surface area (TPSA) is 113 Å². The standard InChI is InChI=1S/C11H8Br2N4O4/c1-20-8-2-6(13)9(3-5(8)12)21-10-7(17(18)19)4-15-11(14)16-10/h2-4H,1H3,(H2,14,15,16). The van der Waals surface area contributed by atoms with Crippen LogP contribution in [0.2, 0.25) is 0 Å². The van der Waals surface area contributed by atoms with E-state index in [1.165, 1.54) is 7.11 Å². The van der Waals surface area contributed by atoms with E-state index in [4.69, 9.17) is 15.2 Å². The fraction of sp³-hybridized carbons (Fsp3) is 0.0909. The van der Waals surface area contributed by atoms with Crippen LogP contribution < -0.4 is 15.2 Å². The van der Waals surface area contributed by atoms with E-state index < -0.39 is 4.92 Å². The number of benzene rings is 1. The van der Waals surface area contributed by atoms with Crippen LogP contribution in [0.3, 0.4) is 0 Å². The van der Waals surface area contributed by atoms with Crippen LogP contribution in [0.15, 0.2) is 27.3 Å². The fourth-order valence-corrected chi connectivity index (χ4v) is 2.31. The number of hydrogen-bond donors (Lipinski definition) is 1. The van der Waals surface area contributed by atoms with E-state index >= 15 is 0 Å². The number of hydrogen-bond acceptors (Lipinski definition) is 7. The third-order valence-electron chi connectivity index (χ3n) is 2.36. The zero-order valence-electron chi connectivity index (χ0n) is 10.5. The minimum absolute atomic E-state index is 0.126. The molecule has 8 nitrogen and oxygen atoms in total. The number of nitrogens with two attached hydrogens (primary N) is 1. The van der Waals surface area contributed by atoms with Crippen LogP contribution in [0.4, 0.5) is 11.6 Å². The van der Waals surface area contributed by atoms with Crippen LogP contribution in [0.25, 0.3) is 0 Å². The fourth-order valence-electron chi connectivity index (χ4n) is 1.42. The van der Waals surface area contributed by atoms with Gasteiger partial charge in [-0.05, 0) is 44.0 Å². The van der Waals surface area contributed by atoms with E-state index in [1.54, 1.807) is 12.1 Å². The molecule has 2 rings (SSSR count). The van der Waals surface area contributed by atoms with Crippen LogP contribution in [0.5, 0.6) is 17.4 Å². The van der Waals surface area contributed by atoms with E-state index in [-0.39, 0.29) is 17.5 Å². The van der Waals surface area contributed by atoms with Crippen molar-refractivity contribution in [3.05, 3.63) is 37.4 Å². The number of halogens is 2. The molecular formula is C11H8Br2N4O4. The molecule has 10 heteroatoms. The molecule has 0 spiro atoms. The lowest BCUT2D eigenvalue weighted by molar-refractivity contribution is -0.386. The number of ether oxygens (including phenoxy) is 2. The number of anilines is 1. The maximum absolute atomic E-state index is 10.9. The first kappa shape index (κ1) is 15.4. The van der Waals surface area contributed by atoms with Crippen LogP contribution in [0, 0.1) is 10.1 Å². The first-order chi connectivity index (χ1) is 9.92. The van der Waals surface area contributed by atoms with Gasteiger partial charge in [0.2, 0.25) is 5.95 Å². The molecule has 1 aromatic carbocycles. The highest BCUT2D eigenvalue weighted by Crippen LogP contribution is 2.39. The van der Waals surface area contributed by atoms with Crippen molar-refractivity contribution in [2.24, 2.45) is 0 Å². The van der Waals surface area contributed by atoms with Crippen molar-refractivity contribution in [2.75, 3.05) is 12.8 Å². The summed E-state index contributed by atoms with van der Waals surface area (Å²) in [5.41, 5.74) is 5.04. The molecule has 0 saturated heterocycles. The average Bonchev–Trinajstić information content (AvgIpc) is 2.42. The number of nitro groups is 1. The highest BCUT2D eigenvalue weighted by Gasteiger charge is 2.20. The van der Waals surface area contributed by atoms with Gasteiger partial charge in [-0.3, -0.25) is 10.1 Å². The van der Waals surface area contributed by atoms with Gasteiger partial charge in [0.15, 0.2) is 0 Å². The van der Waals surface area contributed by atoms with Crippen LogP contribution in [-0.2, 0) is 0 Å². The maximum atomic E-state index is 10.9. The Labute approximate surface area is 135 Å². The van der Waals surface area contributed by atoms with Crippen molar-refractivity contribution >= 4 is 43.5 Å². The molecule has 2 N–H and O–H groups in total. The Morgan fingerprint density at radius 1 is 1.29 bits per heavy atom. The molecule has 110 valence electrons. The minimum Gasteiger partial charge on any atom is -0.496 e. The Morgan fingerprint density at radius 2 is 1.90 bits per heavy atom. The normalized spacial score (nSPS) is 10.2. The Bertz CT molecular complexity index is 711. The monoisotopic (exact) mass is 418 g/mol. The predicted molar refractivity (Wildman–Crippen MR) is 81.6 cm³/mol. The Hall–Kier alpha value is -1.94. The van der Waals surface area contributed by atoms with Crippen molar-refractivity contribution in [3.8, 4) is 17.4 Å². The summed E-state index contributed by atoms with van der Waals surface area (Å²) >= 11 is 6.59.